The standard InChI is InChI=1S/C29H27ClN4OS/c1-19-15-25(30)18-26-27(19)31-29(36-26)33(13-14-34-21(3)16-20(2)32-34)28(35)24-11-9-23(10-12-24)17-22-7-5-4-6-8-22/h4-12,15-16,18H,13-14,17H2,1-3H3. The first-order valence-electron chi connectivity index (χ1n) is 11.9. The van der Waals surface area contributed by atoms with E-state index in [9.17, 15) is 4.79 Å². The van der Waals surface area contributed by atoms with E-state index in [1.165, 1.54) is 16.9 Å². The Hall–Kier alpha value is -3.48. The minimum atomic E-state index is -0.0781. The second-order valence-electron chi connectivity index (χ2n) is 9.03. The van der Waals surface area contributed by atoms with E-state index in [0.717, 1.165) is 39.2 Å². The van der Waals surface area contributed by atoms with Crippen LogP contribution in [0.2, 0.25) is 5.02 Å². The summed E-state index contributed by atoms with van der Waals surface area (Å²) in [4.78, 5) is 20.4. The van der Waals surface area contributed by atoms with Gasteiger partial charge in [0.05, 0.1) is 22.5 Å². The van der Waals surface area contributed by atoms with Gasteiger partial charge in [0.25, 0.3) is 5.91 Å². The van der Waals surface area contributed by atoms with E-state index < -0.39 is 0 Å². The Morgan fingerprint density at radius 3 is 2.39 bits per heavy atom. The molecule has 5 rings (SSSR count). The summed E-state index contributed by atoms with van der Waals surface area (Å²) in [6.07, 6.45) is 0.828. The Morgan fingerprint density at radius 1 is 0.972 bits per heavy atom. The first-order valence-corrected chi connectivity index (χ1v) is 13.1. The molecule has 1 amide bonds. The van der Waals surface area contributed by atoms with E-state index in [1.54, 1.807) is 4.90 Å². The van der Waals surface area contributed by atoms with Crippen molar-refractivity contribution in [2.45, 2.75) is 33.7 Å². The second kappa shape index (κ2) is 10.2. The summed E-state index contributed by atoms with van der Waals surface area (Å²) in [5.41, 5.74) is 6.94. The number of amides is 1. The average Bonchev–Trinajstić information content (AvgIpc) is 3.42. The van der Waals surface area contributed by atoms with Gasteiger partial charge in [0.1, 0.15) is 0 Å². The van der Waals surface area contributed by atoms with Crippen molar-refractivity contribution in [2.75, 3.05) is 11.4 Å². The number of hydrogen-bond acceptors (Lipinski definition) is 4. The van der Waals surface area contributed by atoms with E-state index in [2.05, 4.69) is 17.2 Å². The van der Waals surface area contributed by atoms with Crippen LogP contribution in [0.1, 0.15) is 38.4 Å². The summed E-state index contributed by atoms with van der Waals surface area (Å²) in [7, 11) is 0. The van der Waals surface area contributed by atoms with E-state index in [1.807, 2.05) is 86.1 Å². The number of hydrogen-bond donors (Lipinski definition) is 0. The van der Waals surface area contributed by atoms with Crippen molar-refractivity contribution in [3.05, 3.63) is 111 Å². The molecular weight excluding hydrogens is 488 g/mol. The predicted octanol–water partition coefficient (Wildman–Crippen LogP) is 7.01. The van der Waals surface area contributed by atoms with Gasteiger partial charge >= 0.3 is 0 Å². The third-order valence-electron chi connectivity index (χ3n) is 6.21. The normalized spacial score (nSPS) is 11.2. The fourth-order valence-corrected chi connectivity index (χ4v) is 5.84. The van der Waals surface area contributed by atoms with Crippen molar-refractivity contribution >= 4 is 44.2 Å². The van der Waals surface area contributed by atoms with Crippen LogP contribution < -0.4 is 4.90 Å². The van der Waals surface area contributed by atoms with Crippen LogP contribution in [-0.4, -0.2) is 27.2 Å². The number of fused-ring (bicyclic) bond motifs is 1. The lowest BCUT2D eigenvalue weighted by molar-refractivity contribution is 0.0985. The van der Waals surface area contributed by atoms with Gasteiger partial charge in [-0.05, 0) is 74.2 Å². The molecule has 7 heteroatoms. The minimum absolute atomic E-state index is 0.0781. The average molecular weight is 515 g/mol. The molecule has 5 aromatic rings. The Kier molecular flexibility index (Phi) is 6.90. The number of carbonyl (C=O) groups excluding carboxylic acids is 1. The number of anilines is 1. The number of aryl methyl sites for hydroxylation is 3. The number of rotatable bonds is 7. The highest BCUT2D eigenvalue weighted by Gasteiger charge is 2.22. The third-order valence-corrected chi connectivity index (χ3v) is 7.45. The SMILES string of the molecule is Cc1cc(C)n(CCN(C(=O)c2ccc(Cc3ccccc3)cc2)c2nc3c(C)cc(Cl)cc3s2)n1. The van der Waals surface area contributed by atoms with Crippen LogP contribution >= 0.6 is 22.9 Å². The minimum Gasteiger partial charge on any atom is -0.282 e. The molecule has 0 radical (unpaired) electrons. The topological polar surface area (TPSA) is 51.0 Å². The van der Waals surface area contributed by atoms with Crippen molar-refractivity contribution in [3.8, 4) is 0 Å². The molecule has 0 fully saturated rings. The predicted molar refractivity (Wildman–Crippen MR) is 148 cm³/mol. The summed E-state index contributed by atoms with van der Waals surface area (Å²) in [5.74, 6) is -0.0781. The van der Waals surface area contributed by atoms with Crippen LogP contribution in [-0.2, 0) is 13.0 Å². The lowest BCUT2D eigenvalue weighted by Gasteiger charge is -2.20. The zero-order valence-electron chi connectivity index (χ0n) is 20.5. The molecule has 0 unspecified atom stereocenters. The molecule has 5 nitrogen and oxygen atoms in total. The summed E-state index contributed by atoms with van der Waals surface area (Å²) >= 11 is 7.78. The molecule has 2 heterocycles. The highest BCUT2D eigenvalue weighted by atomic mass is 35.5. The van der Waals surface area contributed by atoms with Crippen LogP contribution in [0, 0.1) is 20.8 Å². The zero-order chi connectivity index (χ0) is 25.2. The van der Waals surface area contributed by atoms with Gasteiger partial charge in [0, 0.05) is 22.8 Å². The van der Waals surface area contributed by atoms with Crippen molar-refractivity contribution in [2.24, 2.45) is 0 Å². The van der Waals surface area contributed by atoms with Crippen molar-refractivity contribution < 1.29 is 4.79 Å². The number of carbonyl (C=O) groups is 1. The second-order valence-corrected chi connectivity index (χ2v) is 10.5. The monoisotopic (exact) mass is 514 g/mol. The van der Waals surface area contributed by atoms with Gasteiger partial charge in [0.15, 0.2) is 5.13 Å². The summed E-state index contributed by atoms with van der Waals surface area (Å²) in [5, 5.41) is 5.91. The van der Waals surface area contributed by atoms with Crippen LogP contribution in [0.3, 0.4) is 0 Å². The molecule has 0 aliphatic carbocycles. The molecule has 0 spiro atoms. The van der Waals surface area contributed by atoms with Gasteiger partial charge in [-0.2, -0.15) is 5.10 Å². The summed E-state index contributed by atoms with van der Waals surface area (Å²) < 4.78 is 2.91. The number of nitrogens with zero attached hydrogens (tertiary/aromatic N) is 4. The molecule has 0 saturated carbocycles. The van der Waals surface area contributed by atoms with E-state index >= 15 is 0 Å². The molecule has 0 atom stereocenters. The molecule has 0 N–H and O–H groups in total. The van der Waals surface area contributed by atoms with Crippen LogP contribution in [0.5, 0.6) is 0 Å². The first-order chi connectivity index (χ1) is 17.4. The van der Waals surface area contributed by atoms with Gasteiger partial charge in [-0.3, -0.25) is 14.4 Å². The Labute approximate surface area is 220 Å². The Balaban J connectivity index is 1.45. The fraction of sp³-hybridized carbons (Fsp3) is 0.207. The van der Waals surface area contributed by atoms with Crippen LogP contribution in [0.15, 0.2) is 72.8 Å². The number of aromatic nitrogens is 3. The van der Waals surface area contributed by atoms with Crippen LogP contribution in [0.25, 0.3) is 10.2 Å². The van der Waals surface area contributed by atoms with Gasteiger partial charge in [0.2, 0.25) is 0 Å². The number of halogens is 1. The zero-order valence-corrected chi connectivity index (χ0v) is 22.1. The van der Waals surface area contributed by atoms with Gasteiger partial charge in [-0.25, -0.2) is 4.98 Å². The maximum atomic E-state index is 13.8. The van der Waals surface area contributed by atoms with Gasteiger partial charge < -0.3 is 0 Å². The third kappa shape index (κ3) is 5.20. The quantitative estimate of drug-likeness (QED) is 0.235. The maximum absolute atomic E-state index is 13.8. The summed E-state index contributed by atoms with van der Waals surface area (Å²) in [6, 6.07) is 24.1. The molecule has 0 aliphatic heterocycles. The van der Waals surface area contributed by atoms with Crippen LogP contribution in [0.4, 0.5) is 5.13 Å². The summed E-state index contributed by atoms with van der Waals surface area (Å²) in [6.45, 7) is 7.03. The van der Waals surface area contributed by atoms with Gasteiger partial charge in [-0.15, -0.1) is 0 Å². The molecule has 2 aromatic heterocycles. The molecule has 182 valence electrons. The van der Waals surface area contributed by atoms with E-state index in [-0.39, 0.29) is 5.91 Å². The van der Waals surface area contributed by atoms with Crippen molar-refractivity contribution in [1.82, 2.24) is 14.8 Å². The largest absolute Gasteiger partial charge is 0.282 e. The fourth-order valence-electron chi connectivity index (χ4n) is 4.39. The highest BCUT2D eigenvalue weighted by Crippen LogP contribution is 2.33. The molecule has 0 aliphatic rings. The van der Waals surface area contributed by atoms with Gasteiger partial charge in [-0.1, -0.05) is 65.4 Å². The number of thiazole rings is 1. The number of benzene rings is 3. The van der Waals surface area contributed by atoms with Crippen molar-refractivity contribution in [1.29, 1.82) is 0 Å². The van der Waals surface area contributed by atoms with E-state index in [4.69, 9.17) is 16.6 Å². The van der Waals surface area contributed by atoms with E-state index in [0.29, 0.717) is 28.8 Å². The Morgan fingerprint density at radius 2 is 1.69 bits per heavy atom. The smallest absolute Gasteiger partial charge is 0.260 e. The highest BCUT2D eigenvalue weighted by molar-refractivity contribution is 7.22. The lowest BCUT2D eigenvalue weighted by atomic mass is 10.0. The molecular formula is C29H27ClN4OS. The Bertz CT molecular complexity index is 1520. The maximum Gasteiger partial charge on any atom is 0.260 e. The lowest BCUT2D eigenvalue weighted by Crippen LogP contribution is -2.34. The molecule has 3 aromatic carbocycles. The molecule has 0 bridgehead atoms. The molecule has 0 saturated heterocycles. The van der Waals surface area contributed by atoms with Crippen molar-refractivity contribution in [3.63, 3.8) is 0 Å². The molecule has 36 heavy (non-hydrogen) atoms. The first kappa shape index (κ1) is 24.2.